The molecule has 6 nitrogen and oxygen atoms in total. The maximum atomic E-state index is 12.1. The van der Waals surface area contributed by atoms with Gasteiger partial charge >= 0.3 is 0 Å². The fourth-order valence-electron chi connectivity index (χ4n) is 1.86. The summed E-state index contributed by atoms with van der Waals surface area (Å²) in [6.07, 6.45) is 7.30. The smallest absolute Gasteiger partial charge is 0.275 e. The van der Waals surface area contributed by atoms with E-state index in [9.17, 15) is 9.90 Å². The average molecular weight is 284 g/mol. The van der Waals surface area contributed by atoms with Crippen molar-refractivity contribution in [3.8, 4) is 0 Å². The fraction of sp³-hybridized carbons (Fsp3) is 0.200. The molecule has 0 saturated heterocycles. The van der Waals surface area contributed by atoms with Gasteiger partial charge in [0.15, 0.2) is 0 Å². The van der Waals surface area contributed by atoms with Crippen molar-refractivity contribution in [1.29, 1.82) is 5.41 Å². The number of carbonyl (C=O) groups excluding carboxylic acids is 1. The van der Waals surface area contributed by atoms with Gasteiger partial charge in [-0.2, -0.15) is 0 Å². The van der Waals surface area contributed by atoms with Gasteiger partial charge in [0.2, 0.25) is 0 Å². The van der Waals surface area contributed by atoms with Crippen LogP contribution in [0.4, 0.5) is 0 Å². The number of nitrogens with one attached hydrogen (secondary N) is 2. The third-order valence-electron chi connectivity index (χ3n) is 2.95. The molecule has 3 N–H and O–H groups in total. The Kier molecular flexibility index (Phi) is 3.82. The summed E-state index contributed by atoms with van der Waals surface area (Å²) < 4.78 is 0. The van der Waals surface area contributed by atoms with Crippen LogP contribution in [0, 0.1) is 5.41 Å². The third kappa shape index (κ3) is 3.29. The number of aliphatic hydroxyl groups is 1. The first-order valence-corrected chi connectivity index (χ1v) is 6.31. The highest BCUT2D eigenvalue weighted by Crippen LogP contribution is 2.27. The Morgan fingerprint density at radius 3 is 2.67 bits per heavy atom. The minimum Gasteiger partial charge on any atom is -0.386 e. The van der Waals surface area contributed by atoms with Crippen molar-refractivity contribution in [3.63, 3.8) is 0 Å². The summed E-state index contributed by atoms with van der Waals surface area (Å²) in [5.74, 6) is -0.439. The van der Waals surface area contributed by atoms with Gasteiger partial charge in [0.1, 0.15) is 5.69 Å². The van der Waals surface area contributed by atoms with Crippen molar-refractivity contribution in [3.05, 3.63) is 59.9 Å². The largest absolute Gasteiger partial charge is 0.386 e. The fourth-order valence-corrected chi connectivity index (χ4v) is 1.86. The Morgan fingerprint density at radius 2 is 2.10 bits per heavy atom. The van der Waals surface area contributed by atoms with E-state index in [1.807, 2.05) is 0 Å². The van der Waals surface area contributed by atoms with Gasteiger partial charge in [-0.25, -0.2) is 4.98 Å². The number of nitrogens with zero attached hydrogens (tertiary/aromatic N) is 2. The first-order chi connectivity index (χ1) is 9.79. The van der Waals surface area contributed by atoms with Crippen molar-refractivity contribution in [2.24, 2.45) is 0 Å². The minimum absolute atomic E-state index is 0.166. The van der Waals surface area contributed by atoms with E-state index >= 15 is 0 Å². The predicted octanol–water partition coefficient (Wildman–Crippen LogP) is 1.38. The summed E-state index contributed by atoms with van der Waals surface area (Å²) in [6, 6.07) is 0. The Labute approximate surface area is 122 Å². The summed E-state index contributed by atoms with van der Waals surface area (Å²) in [4.78, 5) is 19.9. The van der Waals surface area contributed by atoms with Crippen molar-refractivity contribution >= 4 is 11.6 Å². The van der Waals surface area contributed by atoms with E-state index in [1.54, 1.807) is 19.9 Å². The topological polar surface area (TPSA) is 99.0 Å². The van der Waals surface area contributed by atoms with Crippen molar-refractivity contribution in [2.75, 3.05) is 0 Å². The van der Waals surface area contributed by atoms with E-state index in [-0.39, 0.29) is 11.4 Å². The molecule has 1 aliphatic carbocycles. The molecule has 0 radical (unpaired) electrons. The number of aromatic nitrogens is 2. The highest BCUT2D eigenvalue weighted by atomic mass is 16.3. The molecule has 1 amide bonds. The molecule has 0 unspecified atom stereocenters. The molecule has 1 heterocycles. The van der Waals surface area contributed by atoms with E-state index in [2.05, 4.69) is 21.9 Å². The zero-order valence-electron chi connectivity index (χ0n) is 11.8. The Morgan fingerprint density at radius 1 is 1.38 bits per heavy atom. The lowest BCUT2D eigenvalue weighted by molar-refractivity contribution is 0.0952. The van der Waals surface area contributed by atoms with Crippen LogP contribution in [0.15, 0.2) is 54.2 Å². The highest BCUT2D eigenvalue weighted by molar-refractivity contribution is 6.10. The molecule has 108 valence electrons. The molecule has 1 aromatic heterocycles. The predicted molar refractivity (Wildman–Crippen MR) is 78.8 cm³/mol. The molecular weight excluding hydrogens is 268 g/mol. The summed E-state index contributed by atoms with van der Waals surface area (Å²) in [7, 11) is 0. The molecule has 0 bridgehead atoms. The number of carbonyl (C=O) groups is 1. The maximum Gasteiger partial charge on any atom is 0.275 e. The minimum atomic E-state index is -1.20. The van der Waals surface area contributed by atoms with Crippen LogP contribution >= 0.6 is 0 Å². The van der Waals surface area contributed by atoms with E-state index in [0.717, 1.165) is 0 Å². The van der Waals surface area contributed by atoms with Crippen molar-refractivity contribution < 1.29 is 9.90 Å². The molecule has 21 heavy (non-hydrogen) atoms. The molecule has 0 aromatic carbocycles. The van der Waals surface area contributed by atoms with Gasteiger partial charge in [0.25, 0.3) is 5.91 Å². The first kappa shape index (κ1) is 14.8. The quantitative estimate of drug-likeness (QED) is 0.780. The molecule has 0 aliphatic heterocycles. The van der Waals surface area contributed by atoms with Gasteiger partial charge in [-0.1, -0.05) is 6.58 Å². The molecular formula is C15H16N4O2. The first-order valence-electron chi connectivity index (χ1n) is 6.31. The molecule has 0 saturated carbocycles. The molecule has 6 heteroatoms. The van der Waals surface area contributed by atoms with Crippen LogP contribution in [0.1, 0.15) is 24.3 Å². The molecule has 0 fully saturated rings. The summed E-state index contributed by atoms with van der Waals surface area (Å²) in [5, 5.41) is 20.6. The van der Waals surface area contributed by atoms with Crippen LogP contribution in [0.25, 0.3) is 0 Å². The van der Waals surface area contributed by atoms with Crippen LogP contribution in [-0.4, -0.2) is 32.3 Å². The second-order valence-electron chi connectivity index (χ2n) is 5.16. The monoisotopic (exact) mass is 284 g/mol. The van der Waals surface area contributed by atoms with Crippen LogP contribution < -0.4 is 5.32 Å². The second-order valence-corrected chi connectivity index (χ2v) is 5.16. The molecule has 0 spiro atoms. The van der Waals surface area contributed by atoms with Gasteiger partial charge in [0, 0.05) is 23.7 Å². The number of rotatable bonds is 3. The van der Waals surface area contributed by atoms with Gasteiger partial charge < -0.3 is 15.8 Å². The van der Waals surface area contributed by atoms with E-state index in [4.69, 9.17) is 5.41 Å². The Balaban J connectivity index is 2.31. The lowest BCUT2D eigenvalue weighted by atomic mass is 9.88. The van der Waals surface area contributed by atoms with Crippen molar-refractivity contribution in [1.82, 2.24) is 15.3 Å². The van der Waals surface area contributed by atoms with Crippen LogP contribution in [-0.2, 0) is 0 Å². The van der Waals surface area contributed by atoms with Gasteiger partial charge in [-0.3, -0.25) is 9.78 Å². The number of amides is 1. The second kappa shape index (κ2) is 5.41. The normalized spacial score (nSPS) is 15.4. The van der Waals surface area contributed by atoms with Gasteiger partial charge in [-0.15, -0.1) is 0 Å². The van der Waals surface area contributed by atoms with Crippen LogP contribution in [0.3, 0.4) is 0 Å². The standard InChI is InChI=1S/C15H16N4O2/c1-9-6-12(10(7-11(9)16)15(2,3)21)19-14(20)13-8-17-4-5-18-13/h4-8,16,21H,1H2,2-3H3,(H,19,20). The van der Waals surface area contributed by atoms with Crippen LogP contribution in [0.2, 0.25) is 0 Å². The van der Waals surface area contributed by atoms with E-state index in [0.29, 0.717) is 16.8 Å². The SMILES string of the molecule is C=C1C=C(NC(=O)c2cnccn2)C(C(C)(C)O)=CC1=N. The molecule has 1 aromatic rings. The summed E-state index contributed by atoms with van der Waals surface area (Å²) >= 11 is 0. The zero-order chi connectivity index (χ0) is 15.6. The number of allylic oxidation sites excluding steroid dienone is 3. The van der Waals surface area contributed by atoms with Crippen LogP contribution in [0.5, 0.6) is 0 Å². The average Bonchev–Trinajstić information content (AvgIpc) is 2.42. The number of hydrogen-bond acceptors (Lipinski definition) is 5. The molecule has 2 rings (SSSR count). The Bertz CT molecular complexity index is 667. The molecule has 0 atom stereocenters. The van der Waals surface area contributed by atoms with Gasteiger partial charge in [-0.05, 0) is 31.6 Å². The lowest BCUT2D eigenvalue weighted by Crippen LogP contribution is -2.34. The summed E-state index contributed by atoms with van der Waals surface area (Å²) in [6.45, 7) is 6.91. The van der Waals surface area contributed by atoms with E-state index in [1.165, 1.54) is 24.7 Å². The lowest BCUT2D eigenvalue weighted by Gasteiger charge is -2.27. The third-order valence-corrected chi connectivity index (χ3v) is 2.95. The summed E-state index contributed by atoms with van der Waals surface area (Å²) in [5.41, 5.74) is 0.465. The van der Waals surface area contributed by atoms with E-state index < -0.39 is 11.5 Å². The molecule has 1 aliphatic rings. The Hall–Kier alpha value is -2.60. The zero-order valence-corrected chi connectivity index (χ0v) is 11.8. The number of hydrogen-bond donors (Lipinski definition) is 3. The highest BCUT2D eigenvalue weighted by Gasteiger charge is 2.27. The van der Waals surface area contributed by atoms with Gasteiger partial charge in [0.05, 0.1) is 17.5 Å². The maximum absolute atomic E-state index is 12.1. The van der Waals surface area contributed by atoms with Crippen molar-refractivity contribution in [2.45, 2.75) is 19.4 Å².